The second-order valence-electron chi connectivity index (χ2n) is 5.48. The number of nitrogens with one attached hydrogen (secondary N) is 2. The van der Waals surface area contributed by atoms with E-state index in [2.05, 4.69) is 30.6 Å². The van der Waals surface area contributed by atoms with Crippen LogP contribution in [-0.4, -0.2) is 38.3 Å². The second kappa shape index (κ2) is 7.08. The third-order valence-electron chi connectivity index (χ3n) is 3.76. The van der Waals surface area contributed by atoms with Crippen molar-refractivity contribution >= 4 is 11.9 Å². The van der Waals surface area contributed by atoms with Gasteiger partial charge in [0.25, 0.3) is 5.91 Å². The monoisotopic (exact) mass is 362 g/mol. The predicted octanol–water partition coefficient (Wildman–Crippen LogP) is 2.78. The number of H-pyrrole nitrogens is 1. The van der Waals surface area contributed by atoms with Gasteiger partial charge in [0.1, 0.15) is 5.75 Å². The molecule has 134 valence electrons. The predicted molar refractivity (Wildman–Crippen MR) is 96.1 cm³/mol. The van der Waals surface area contributed by atoms with E-state index in [-0.39, 0.29) is 11.6 Å². The molecular formula is C18H14N6O3. The summed E-state index contributed by atoms with van der Waals surface area (Å²) in [5, 5.41) is 13.1. The van der Waals surface area contributed by atoms with E-state index in [0.717, 1.165) is 11.1 Å². The Labute approximate surface area is 153 Å². The first kappa shape index (κ1) is 16.5. The normalized spacial score (nSPS) is 10.6. The maximum Gasteiger partial charge on any atom is 0.280 e. The molecule has 4 aromatic rings. The smallest absolute Gasteiger partial charge is 0.280 e. The second-order valence-corrected chi connectivity index (χ2v) is 5.48. The Balaban J connectivity index is 1.51. The number of aromatic amines is 1. The van der Waals surface area contributed by atoms with E-state index < -0.39 is 5.91 Å². The molecule has 9 nitrogen and oxygen atoms in total. The van der Waals surface area contributed by atoms with Gasteiger partial charge in [-0.3, -0.25) is 20.2 Å². The number of ether oxygens (including phenoxy) is 1. The number of aromatic nitrogens is 5. The van der Waals surface area contributed by atoms with Crippen molar-refractivity contribution < 1.29 is 14.1 Å². The number of amides is 1. The van der Waals surface area contributed by atoms with E-state index in [9.17, 15) is 4.79 Å². The van der Waals surface area contributed by atoms with Gasteiger partial charge in [0, 0.05) is 24.0 Å². The third-order valence-corrected chi connectivity index (χ3v) is 3.76. The maximum absolute atomic E-state index is 12.4. The molecule has 0 radical (unpaired) electrons. The molecule has 3 aromatic heterocycles. The number of carbonyl (C=O) groups is 1. The molecule has 1 amide bonds. The van der Waals surface area contributed by atoms with Crippen LogP contribution in [0.25, 0.3) is 22.7 Å². The highest BCUT2D eigenvalue weighted by Crippen LogP contribution is 2.27. The zero-order valence-corrected chi connectivity index (χ0v) is 14.2. The Morgan fingerprint density at radius 2 is 2.11 bits per heavy atom. The van der Waals surface area contributed by atoms with Crippen molar-refractivity contribution in [3.63, 3.8) is 0 Å². The zero-order valence-electron chi connectivity index (χ0n) is 14.2. The highest BCUT2D eigenvalue weighted by Gasteiger charge is 2.17. The van der Waals surface area contributed by atoms with E-state index >= 15 is 0 Å². The van der Waals surface area contributed by atoms with E-state index in [1.807, 2.05) is 30.3 Å². The SMILES string of the molecule is COc1ccccc1-c1nc(NC(=O)c2cc(-c3cccnc3)on2)n[nH]1. The Bertz CT molecular complexity index is 1070. The molecule has 0 fully saturated rings. The van der Waals surface area contributed by atoms with Gasteiger partial charge in [-0.05, 0) is 24.3 Å². The highest BCUT2D eigenvalue weighted by molar-refractivity contribution is 6.02. The van der Waals surface area contributed by atoms with Crippen LogP contribution in [-0.2, 0) is 0 Å². The van der Waals surface area contributed by atoms with E-state index in [0.29, 0.717) is 17.3 Å². The van der Waals surface area contributed by atoms with Crippen molar-refractivity contribution in [1.29, 1.82) is 0 Å². The van der Waals surface area contributed by atoms with Gasteiger partial charge in [0.15, 0.2) is 17.3 Å². The first-order valence-corrected chi connectivity index (χ1v) is 7.99. The molecule has 3 heterocycles. The summed E-state index contributed by atoms with van der Waals surface area (Å²) in [4.78, 5) is 20.6. The molecule has 0 aliphatic rings. The third kappa shape index (κ3) is 3.38. The number of rotatable bonds is 5. The zero-order chi connectivity index (χ0) is 18.6. The summed E-state index contributed by atoms with van der Waals surface area (Å²) in [6.45, 7) is 0. The number of anilines is 1. The number of para-hydroxylation sites is 1. The summed E-state index contributed by atoms with van der Waals surface area (Å²) in [6, 6.07) is 12.5. The first-order valence-electron chi connectivity index (χ1n) is 7.99. The van der Waals surface area contributed by atoms with Gasteiger partial charge < -0.3 is 9.26 Å². The molecule has 0 aliphatic heterocycles. The standard InChI is InChI=1S/C18H14N6O3/c1-26-14-7-3-2-6-12(14)16-20-18(23-22-16)21-17(25)13-9-15(27-24-13)11-5-4-8-19-10-11/h2-10H,1H3,(H2,20,21,22,23,25). The number of carbonyl (C=O) groups excluding carboxylic acids is 1. The van der Waals surface area contributed by atoms with Crippen molar-refractivity contribution in [2.24, 2.45) is 0 Å². The van der Waals surface area contributed by atoms with Gasteiger partial charge in [-0.2, -0.15) is 4.98 Å². The largest absolute Gasteiger partial charge is 0.496 e. The topological polar surface area (TPSA) is 119 Å². The highest BCUT2D eigenvalue weighted by atomic mass is 16.5. The fraction of sp³-hybridized carbons (Fsp3) is 0.0556. The Kier molecular flexibility index (Phi) is 4.32. The average molecular weight is 362 g/mol. The van der Waals surface area contributed by atoms with Gasteiger partial charge in [-0.1, -0.05) is 17.3 Å². The Morgan fingerprint density at radius 3 is 2.93 bits per heavy atom. The number of pyridine rings is 1. The van der Waals surface area contributed by atoms with Crippen LogP contribution >= 0.6 is 0 Å². The summed E-state index contributed by atoms with van der Waals surface area (Å²) < 4.78 is 10.5. The summed E-state index contributed by atoms with van der Waals surface area (Å²) >= 11 is 0. The lowest BCUT2D eigenvalue weighted by Gasteiger charge is -2.04. The van der Waals surface area contributed by atoms with Crippen LogP contribution in [0.1, 0.15) is 10.5 Å². The maximum atomic E-state index is 12.4. The van der Waals surface area contributed by atoms with E-state index in [1.165, 1.54) is 6.07 Å². The van der Waals surface area contributed by atoms with Crippen LogP contribution in [0, 0.1) is 0 Å². The Morgan fingerprint density at radius 1 is 1.22 bits per heavy atom. The van der Waals surface area contributed by atoms with Crippen molar-refractivity contribution in [2.75, 3.05) is 12.4 Å². The van der Waals surface area contributed by atoms with Gasteiger partial charge in [0.2, 0.25) is 5.95 Å². The van der Waals surface area contributed by atoms with Crippen LogP contribution in [0.2, 0.25) is 0 Å². The minimum atomic E-state index is -0.487. The van der Waals surface area contributed by atoms with Crippen LogP contribution in [0.3, 0.4) is 0 Å². The molecule has 4 rings (SSSR count). The van der Waals surface area contributed by atoms with Crippen molar-refractivity contribution in [3.05, 3.63) is 60.6 Å². The summed E-state index contributed by atoms with van der Waals surface area (Å²) in [6.07, 6.45) is 3.27. The van der Waals surface area contributed by atoms with Gasteiger partial charge in [0.05, 0.1) is 12.7 Å². The molecular weight excluding hydrogens is 348 g/mol. The van der Waals surface area contributed by atoms with E-state index in [1.54, 1.807) is 25.6 Å². The molecule has 0 saturated heterocycles. The summed E-state index contributed by atoms with van der Waals surface area (Å²) in [5.74, 6) is 1.19. The number of benzene rings is 1. The molecule has 1 aromatic carbocycles. The van der Waals surface area contributed by atoms with Gasteiger partial charge in [-0.25, -0.2) is 0 Å². The van der Waals surface area contributed by atoms with Gasteiger partial charge in [-0.15, -0.1) is 5.10 Å². The van der Waals surface area contributed by atoms with Crippen LogP contribution < -0.4 is 10.1 Å². The number of methoxy groups -OCH3 is 1. The first-order chi connectivity index (χ1) is 13.2. The Hall–Kier alpha value is -4.01. The van der Waals surface area contributed by atoms with Crippen LogP contribution in [0.4, 0.5) is 5.95 Å². The van der Waals surface area contributed by atoms with E-state index in [4.69, 9.17) is 9.26 Å². The number of hydrogen-bond acceptors (Lipinski definition) is 7. The number of nitrogens with zero attached hydrogens (tertiary/aromatic N) is 4. The van der Waals surface area contributed by atoms with Crippen LogP contribution in [0.15, 0.2) is 59.4 Å². The average Bonchev–Trinajstić information content (AvgIpc) is 3.38. The lowest BCUT2D eigenvalue weighted by Crippen LogP contribution is -2.13. The molecule has 27 heavy (non-hydrogen) atoms. The quantitative estimate of drug-likeness (QED) is 0.560. The molecule has 2 N–H and O–H groups in total. The van der Waals surface area contributed by atoms with Crippen molar-refractivity contribution in [3.8, 4) is 28.5 Å². The minimum Gasteiger partial charge on any atom is -0.496 e. The van der Waals surface area contributed by atoms with Crippen molar-refractivity contribution in [2.45, 2.75) is 0 Å². The van der Waals surface area contributed by atoms with Crippen LogP contribution in [0.5, 0.6) is 5.75 Å². The van der Waals surface area contributed by atoms with Crippen molar-refractivity contribution in [1.82, 2.24) is 25.3 Å². The fourth-order valence-electron chi connectivity index (χ4n) is 2.47. The summed E-state index contributed by atoms with van der Waals surface area (Å²) in [5.41, 5.74) is 1.56. The molecule has 0 aliphatic carbocycles. The fourth-order valence-corrected chi connectivity index (χ4v) is 2.47. The molecule has 0 atom stereocenters. The molecule has 0 saturated carbocycles. The molecule has 0 bridgehead atoms. The molecule has 0 spiro atoms. The lowest BCUT2D eigenvalue weighted by molar-refractivity contribution is 0.101. The summed E-state index contributed by atoms with van der Waals surface area (Å²) in [7, 11) is 1.57. The molecule has 0 unspecified atom stereocenters. The number of hydrogen-bond donors (Lipinski definition) is 2. The minimum absolute atomic E-state index is 0.109. The van der Waals surface area contributed by atoms with Gasteiger partial charge >= 0.3 is 0 Å². The lowest BCUT2D eigenvalue weighted by atomic mass is 10.2. The molecule has 9 heteroatoms.